The molecule has 4 aliphatic rings. The molecule has 7 rings (SSSR count). The summed E-state index contributed by atoms with van der Waals surface area (Å²) in [5.41, 5.74) is 0.00798. The molecule has 2 saturated carbocycles. The molecule has 4 heterocycles. The van der Waals surface area contributed by atoms with Crippen molar-refractivity contribution < 1.29 is 37.1 Å². The third-order valence-electron chi connectivity index (χ3n) is 12.2. The number of benzene rings is 1. The van der Waals surface area contributed by atoms with E-state index >= 15 is 0 Å². The van der Waals surface area contributed by atoms with E-state index in [-0.39, 0.29) is 43.5 Å². The molecule has 14 nitrogen and oxygen atoms in total. The van der Waals surface area contributed by atoms with Crippen molar-refractivity contribution in [2.45, 2.75) is 116 Å². The highest BCUT2D eigenvalue weighted by molar-refractivity contribution is 7.70. The standard InChI is InChI=1S/C43H56N6O8S2/c1-8-26-22-43(26,41(53)49(59(54)55)27-12-13-27)46-38(51)35-19-29(23-48(35)40(52)31(42(4,5)6)20-37(50)47-16-10-9-11-17-47)57-36-21-33(39-45-34(24-58-39)25(2)3)44-32-18-28(56-7)14-15-30(32)36/h8,14-15,18,21,24-27,29,31,35,59H,1,9-13,16-17,19-20,22-23H2,2-7H3,(H,46,51)/t26?,29-,31-,35+,43-/m1/s1. The number of thiazole rings is 1. The second-order valence-corrected chi connectivity index (χ2v) is 19.6. The molecule has 0 radical (unpaired) electrons. The van der Waals surface area contributed by atoms with Gasteiger partial charge in [-0.05, 0) is 62.0 Å². The molecule has 5 atom stereocenters. The van der Waals surface area contributed by atoms with Crippen LogP contribution in [0.5, 0.6) is 11.5 Å². The lowest BCUT2D eigenvalue weighted by Gasteiger charge is -2.36. The van der Waals surface area contributed by atoms with Gasteiger partial charge in [0.25, 0.3) is 5.91 Å². The van der Waals surface area contributed by atoms with Gasteiger partial charge in [0.2, 0.25) is 28.6 Å². The largest absolute Gasteiger partial charge is 0.497 e. The molecule has 59 heavy (non-hydrogen) atoms. The van der Waals surface area contributed by atoms with Gasteiger partial charge in [-0.2, -0.15) is 0 Å². The Kier molecular flexibility index (Phi) is 12.1. The number of pyridine rings is 1. The van der Waals surface area contributed by atoms with Gasteiger partial charge in [-0.15, -0.1) is 17.9 Å². The Morgan fingerprint density at radius 3 is 2.42 bits per heavy atom. The van der Waals surface area contributed by atoms with Gasteiger partial charge < -0.3 is 24.6 Å². The molecule has 2 aliphatic heterocycles. The number of carbonyl (C=O) groups excluding carboxylic acids is 4. The number of aromatic nitrogens is 2. The monoisotopic (exact) mass is 848 g/mol. The van der Waals surface area contributed by atoms with Crippen LogP contribution in [0.4, 0.5) is 0 Å². The SMILES string of the molecule is C=CC1C[C@]1(NC(=O)[C@@H]1C[C@@H](Oc2cc(-c3nc(C(C)C)cs3)nc3cc(OC)ccc23)CN1C(=O)[C@@H](CC(=O)N1CCCCC1)C(C)(C)C)C(=O)N(C1CC1)[SH](=O)=O. The summed E-state index contributed by atoms with van der Waals surface area (Å²) < 4.78 is 37.8. The minimum atomic E-state index is -3.23. The fraction of sp³-hybridized carbons (Fsp3) is 0.581. The Morgan fingerprint density at radius 1 is 1.10 bits per heavy atom. The molecule has 2 aromatic heterocycles. The van der Waals surface area contributed by atoms with Crippen molar-refractivity contribution >= 4 is 56.8 Å². The van der Waals surface area contributed by atoms with Crippen LogP contribution in [-0.4, -0.2) is 107 Å². The Morgan fingerprint density at radius 2 is 1.83 bits per heavy atom. The minimum absolute atomic E-state index is 0.0150. The third-order valence-corrected chi connectivity index (χ3v) is 13.9. The van der Waals surface area contributed by atoms with Crippen LogP contribution in [0, 0.1) is 17.3 Å². The molecule has 2 saturated heterocycles. The Hall–Kier alpha value is -4.57. The predicted molar refractivity (Wildman–Crippen MR) is 225 cm³/mol. The maximum atomic E-state index is 15.0. The number of fused-ring (bicyclic) bond motifs is 1. The molecule has 1 N–H and O–H groups in total. The van der Waals surface area contributed by atoms with Crippen LogP contribution in [0.1, 0.15) is 97.6 Å². The maximum absolute atomic E-state index is 15.0. The molecule has 16 heteroatoms. The molecular weight excluding hydrogens is 793 g/mol. The number of nitrogens with one attached hydrogen (secondary N) is 1. The van der Waals surface area contributed by atoms with Crippen LogP contribution in [0.25, 0.3) is 21.6 Å². The third kappa shape index (κ3) is 8.84. The molecule has 3 aromatic rings. The van der Waals surface area contributed by atoms with E-state index in [4.69, 9.17) is 19.4 Å². The van der Waals surface area contributed by atoms with Gasteiger partial charge in [-0.25, -0.2) is 22.7 Å². The van der Waals surface area contributed by atoms with Gasteiger partial charge in [0.15, 0.2) is 0 Å². The molecule has 2 aliphatic carbocycles. The van der Waals surface area contributed by atoms with Crippen LogP contribution in [0.3, 0.4) is 0 Å². The fourth-order valence-electron chi connectivity index (χ4n) is 8.36. The number of thiol groups is 1. The summed E-state index contributed by atoms with van der Waals surface area (Å²) in [5.74, 6) is -1.67. The number of ether oxygens (including phenoxy) is 2. The Balaban J connectivity index is 1.23. The number of nitrogens with zero attached hydrogens (tertiary/aromatic N) is 5. The normalized spacial score (nSPS) is 23.6. The van der Waals surface area contributed by atoms with E-state index in [1.807, 2.05) is 55.3 Å². The average molecular weight is 849 g/mol. The number of rotatable bonds is 14. The highest BCUT2D eigenvalue weighted by Gasteiger charge is 2.63. The van der Waals surface area contributed by atoms with Gasteiger partial charge >= 0.3 is 0 Å². The van der Waals surface area contributed by atoms with Crippen LogP contribution < -0.4 is 14.8 Å². The number of methoxy groups -OCH3 is 1. The lowest BCUT2D eigenvalue weighted by molar-refractivity contribution is -0.149. The molecule has 4 fully saturated rings. The van der Waals surface area contributed by atoms with E-state index in [2.05, 4.69) is 25.7 Å². The van der Waals surface area contributed by atoms with Gasteiger partial charge in [0.05, 0.1) is 30.8 Å². The number of likely N-dealkylation sites (tertiary alicyclic amines) is 2. The summed E-state index contributed by atoms with van der Waals surface area (Å²) in [7, 11) is -1.65. The quantitative estimate of drug-likeness (QED) is 0.157. The van der Waals surface area contributed by atoms with E-state index in [9.17, 15) is 27.6 Å². The van der Waals surface area contributed by atoms with Crippen molar-refractivity contribution in [3.8, 4) is 22.2 Å². The highest BCUT2D eigenvalue weighted by atomic mass is 32.2. The van der Waals surface area contributed by atoms with Crippen LogP contribution in [-0.2, 0) is 30.1 Å². The summed E-state index contributed by atoms with van der Waals surface area (Å²) >= 11 is 1.48. The van der Waals surface area contributed by atoms with Gasteiger partial charge in [-0.3, -0.25) is 19.2 Å². The molecule has 1 aromatic carbocycles. The van der Waals surface area contributed by atoms with E-state index in [1.54, 1.807) is 13.2 Å². The second-order valence-electron chi connectivity index (χ2n) is 17.8. The zero-order valence-corrected chi connectivity index (χ0v) is 36.5. The van der Waals surface area contributed by atoms with E-state index in [0.29, 0.717) is 59.0 Å². The zero-order valence-electron chi connectivity index (χ0n) is 34.8. The first-order valence-corrected chi connectivity index (χ1v) is 22.7. The van der Waals surface area contributed by atoms with E-state index in [0.717, 1.165) is 29.3 Å². The van der Waals surface area contributed by atoms with Crippen LogP contribution in [0.2, 0.25) is 0 Å². The Labute approximate surface area is 351 Å². The molecular formula is C43H56N6O8S2. The smallest absolute Gasteiger partial charge is 0.262 e. The van der Waals surface area contributed by atoms with Crippen molar-refractivity contribution in [3.05, 3.63) is 48.0 Å². The fourth-order valence-corrected chi connectivity index (χ4v) is 10.1. The number of piperidine rings is 1. The minimum Gasteiger partial charge on any atom is -0.497 e. The number of hydrogen-bond donors (Lipinski definition) is 2. The first-order chi connectivity index (χ1) is 28.0. The van der Waals surface area contributed by atoms with Crippen molar-refractivity contribution in [2.75, 3.05) is 26.7 Å². The summed E-state index contributed by atoms with van der Waals surface area (Å²) in [6.07, 6.45) is 5.13. The first-order valence-electron chi connectivity index (χ1n) is 20.7. The van der Waals surface area contributed by atoms with Crippen molar-refractivity contribution in [1.82, 2.24) is 29.4 Å². The lowest BCUT2D eigenvalue weighted by atomic mass is 9.77. The van der Waals surface area contributed by atoms with Crippen molar-refractivity contribution in [2.24, 2.45) is 17.3 Å². The first kappa shape index (κ1) is 42.6. The average Bonchev–Trinajstić information content (AvgIpc) is 4.06. The Bertz CT molecular complexity index is 2200. The van der Waals surface area contributed by atoms with Gasteiger partial charge in [0.1, 0.15) is 39.9 Å². The number of carbonyl (C=O) groups is 4. The second kappa shape index (κ2) is 16.8. The molecule has 0 bridgehead atoms. The van der Waals surface area contributed by atoms with Gasteiger partial charge in [-0.1, -0.05) is 40.7 Å². The molecule has 1 unspecified atom stereocenters. The molecule has 4 amide bonds. The maximum Gasteiger partial charge on any atom is 0.262 e. The summed E-state index contributed by atoms with van der Waals surface area (Å²) in [4.78, 5) is 70.4. The van der Waals surface area contributed by atoms with Crippen molar-refractivity contribution in [1.29, 1.82) is 0 Å². The number of amides is 4. The molecule has 318 valence electrons. The van der Waals surface area contributed by atoms with Crippen LogP contribution in [0.15, 0.2) is 42.3 Å². The predicted octanol–water partition coefficient (Wildman–Crippen LogP) is 5.48. The highest BCUT2D eigenvalue weighted by Crippen LogP contribution is 2.48. The lowest BCUT2D eigenvalue weighted by Crippen LogP contribution is -2.57. The van der Waals surface area contributed by atoms with E-state index < -0.39 is 63.7 Å². The number of hydrogen-bond acceptors (Lipinski definition) is 11. The summed E-state index contributed by atoms with van der Waals surface area (Å²) in [6.45, 7) is 15.1. The zero-order chi connectivity index (χ0) is 42.4. The topological polar surface area (TPSA) is 168 Å². The summed E-state index contributed by atoms with van der Waals surface area (Å²) in [5, 5.41) is 6.35. The summed E-state index contributed by atoms with van der Waals surface area (Å²) in [6, 6.07) is 5.80. The van der Waals surface area contributed by atoms with E-state index in [1.165, 1.54) is 16.2 Å². The molecule has 0 spiro atoms. The van der Waals surface area contributed by atoms with Crippen molar-refractivity contribution in [3.63, 3.8) is 0 Å². The van der Waals surface area contributed by atoms with Crippen LogP contribution >= 0.6 is 11.3 Å². The van der Waals surface area contributed by atoms with Gasteiger partial charge in [0, 0.05) is 60.8 Å².